The molecule has 0 bridgehead atoms. The lowest BCUT2D eigenvalue weighted by Gasteiger charge is -2.30. The molecule has 3 rings (SSSR count). The highest BCUT2D eigenvalue weighted by Gasteiger charge is 2.54. The van der Waals surface area contributed by atoms with Crippen molar-refractivity contribution in [1.29, 1.82) is 0 Å². The smallest absolute Gasteiger partial charge is 0.233 e. The third kappa shape index (κ3) is 2.01. The van der Waals surface area contributed by atoms with E-state index in [1.165, 1.54) is 4.90 Å². The van der Waals surface area contributed by atoms with E-state index in [1.54, 1.807) is 0 Å². The third-order valence-corrected chi connectivity index (χ3v) is 5.22. The number of nitrogens with zero attached hydrogens (tertiary/aromatic N) is 1. The van der Waals surface area contributed by atoms with Crippen LogP contribution < -0.4 is 0 Å². The number of likely N-dealkylation sites (tertiary alicyclic amines) is 1. The van der Waals surface area contributed by atoms with Gasteiger partial charge in [0.25, 0.3) is 0 Å². The molecule has 4 nitrogen and oxygen atoms in total. The molecule has 0 N–H and O–H groups in total. The lowest BCUT2D eigenvalue weighted by Crippen LogP contribution is -2.43. The molecule has 104 valence electrons. The Hall–Kier alpha value is -1.19. The lowest BCUT2D eigenvalue weighted by molar-refractivity contribution is -0.145. The van der Waals surface area contributed by atoms with Gasteiger partial charge in [-0.05, 0) is 31.6 Å². The summed E-state index contributed by atoms with van der Waals surface area (Å²) in [5.74, 6) is 0.778. The van der Waals surface area contributed by atoms with Gasteiger partial charge in [-0.2, -0.15) is 0 Å². The zero-order valence-electron chi connectivity index (χ0n) is 11.4. The molecule has 19 heavy (non-hydrogen) atoms. The molecule has 0 aromatic rings. The third-order valence-electron chi connectivity index (χ3n) is 5.22. The highest BCUT2D eigenvalue weighted by Crippen LogP contribution is 2.45. The number of Topliss-reactive ketones (excluding diaryl/α,β-unsaturated/α-hetero) is 1. The molecule has 3 fully saturated rings. The molecule has 1 saturated heterocycles. The first-order valence-corrected chi connectivity index (χ1v) is 7.50. The predicted molar refractivity (Wildman–Crippen MR) is 69.1 cm³/mol. The summed E-state index contributed by atoms with van der Waals surface area (Å²) in [5, 5.41) is 0. The van der Waals surface area contributed by atoms with E-state index in [0.29, 0.717) is 31.6 Å². The minimum atomic E-state index is -0.0601. The maximum absolute atomic E-state index is 12.5. The molecular formula is C15H21NO3. The van der Waals surface area contributed by atoms with E-state index in [4.69, 9.17) is 0 Å². The van der Waals surface area contributed by atoms with Crippen LogP contribution >= 0.6 is 0 Å². The van der Waals surface area contributed by atoms with Gasteiger partial charge in [-0.1, -0.05) is 13.3 Å². The van der Waals surface area contributed by atoms with Gasteiger partial charge in [0.05, 0.1) is 11.8 Å². The molecule has 1 heterocycles. The summed E-state index contributed by atoms with van der Waals surface area (Å²) >= 11 is 0. The van der Waals surface area contributed by atoms with E-state index in [1.807, 2.05) is 0 Å². The van der Waals surface area contributed by atoms with Crippen molar-refractivity contribution in [3.8, 4) is 0 Å². The molecule has 2 aliphatic carbocycles. The van der Waals surface area contributed by atoms with Crippen LogP contribution in [-0.2, 0) is 14.4 Å². The van der Waals surface area contributed by atoms with E-state index in [2.05, 4.69) is 6.92 Å². The summed E-state index contributed by atoms with van der Waals surface area (Å²) in [6.45, 7) is 2.13. The van der Waals surface area contributed by atoms with Gasteiger partial charge < -0.3 is 0 Å². The van der Waals surface area contributed by atoms with E-state index < -0.39 is 0 Å². The van der Waals surface area contributed by atoms with Crippen LogP contribution in [0.3, 0.4) is 0 Å². The topological polar surface area (TPSA) is 54.5 Å². The number of ketones is 1. The predicted octanol–water partition coefficient (Wildman–Crippen LogP) is 1.92. The zero-order valence-corrected chi connectivity index (χ0v) is 11.4. The summed E-state index contributed by atoms with van der Waals surface area (Å²) in [5.41, 5.74) is 0. The Kier molecular flexibility index (Phi) is 3.19. The second kappa shape index (κ2) is 4.73. The molecule has 2 atom stereocenters. The Labute approximate surface area is 113 Å². The Morgan fingerprint density at radius 2 is 1.53 bits per heavy atom. The standard InChI is InChI=1S/C15H21NO3/c1-2-9-7-12-13(8-9)15(19)16(14(12)18)10-3-5-11(17)6-4-10/h9-10,12-13H,2-8H2,1H3. The number of imide groups is 1. The number of carbonyl (C=O) groups is 3. The molecule has 0 spiro atoms. The van der Waals surface area contributed by atoms with Crippen molar-refractivity contribution in [2.24, 2.45) is 17.8 Å². The van der Waals surface area contributed by atoms with Crippen LogP contribution in [0.15, 0.2) is 0 Å². The summed E-state index contributed by atoms with van der Waals surface area (Å²) in [4.78, 5) is 37.7. The van der Waals surface area contributed by atoms with Crippen LogP contribution in [0.4, 0.5) is 0 Å². The van der Waals surface area contributed by atoms with Crippen molar-refractivity contribution in [3.63, 3.8) is 0 Å². The quantitative estimate of drug-likeness (QED) is 0.715. The molecule has 0 aromatic carbocycles. The van der Waals surface area contributed by atoms with Gasteiger partial charge in [0.15, 0.2) is 0 Å². The Morgan fingerprint density at radius 3 is 2.00 bits per heavy atom. The van der Waals surface area contributed by atoms with Gasteiger partial charge in [0.2, 0.25) is 11.8 Å². The number of amides is 2. The number of rotatable bonds is 2. The van der Waals surface area contributed by atoms with Crippen LogP contribution in [0.2, 0.25) is 0 Å². The normalized spacial score (nSPS) is 36.2. The van der Waals surface area contributed by atoms with Crippen LogP contribution in [-0.4, -0.2) is 28.5 Å². The molecule has 2 unspecified atom stereocenters. The van der Waals surface area contributed by atoms with Crippen LogP contribution in [0, 0.1) is 17.8 Å². The van der Waals surface area contributed by atoms with Crippen molar-refractivity contribution in [2.75, 3.05) is 0 Å². The fourth-order valence-corrected chi connectivity index (χ4v) is 4.03. The number of hydrogen-bond donors (Lipinski definition) is 0. The van der Waals surface area contributed by atoms with Crippen molar-refractivity contribution in [2.45, 2.75) is 57.9 Å². The fourth-order valence-electron chi connectivity index (χ4n) is 4.03. The van der Waals surface area contributed by atoms with Gasteiger partial charge in [-0.25, -0.2) is 0 Å². The first-order valence-electron chi connectivity index (χ1n) is 7.50. The summed E-state index contributed by atoms with van der Waals surface area (Å²) in [6, 6.07) is -0.0108. The molecule has 4 heteroatoms. The Morgan fingerprint density at radius 1 is 1.00 bits per heavy atom. The van der Waals surface area contributed by atoms with Gasteiger partial charge in [0, 0.05) is 18.9 Å². The number of carbonyl (C=O) groups excluding carboxylic acids is 3. The average molecular weight is 263 g/mol. The van der Waals surface area contributed by atoms with Gasteiger partial charge in [-0.15, -0.1) is 0 Å². The van der Waals surface area contributed by atoms with E-state index >= 15 is 0 Å². The van der Waals surface area contributed by atoms with Crippen LogP contribution in [0.5, 0.6) is 0 Å². The molecule has 3 aliphatic rings. The van der Waals surface area contributed by atoms with E-state index in [9.17, 15) is 14.4 Å². The van der Waals surface area contributed by atoms with E-state index in [-0.39, 0.29) is 35.5 Å². The number of hydrogen-bond acceptors (Lipinski definition) is 3. The average Bonchev–Trinajstić information content (AvgIpc) is 2.93. The van der Waals surface area contributed by atoms with Gasteiger partial charge >= 0.3 is 0 Å². The maximum Gasteiger partial charge on any atom is 0.233 e. The molecule has 1 aliphatic heterocycles. The Bertz CT molecular complexity index is 397. The van der Waals surface area contributed by atoms with Crippen molar-refractivity contribution >= 4 is 17.6 Å². The molecule has 0 radical (unpaired) electrons. The second-order valence-corrected chi connectivity index (χ2v) is 6.27. The van der Waals surface area contributed by atoms with Crippen LogP contribution in [0.25, 0.3) is 0 Å². The molecule has 2 amide bonds. The van der Waals surface area contributed by atoms with Crippen molar-refractivity contribution in [3.05, 3.63) is 0 Å². The second-order valence-electron chi connectivity index (χ2n) is 6.27. The highest BCUT2D eigenvalue weighted by molar-refractivity contribution is 6.06. The Balaban J connectivity index is 1.74. The van der Waals surface area contributed by atoms with Gasteiger partial charge in [-0.3, -0.25) is 19.3 Å². The monoisotopic (exact) mass is 263 g/mol. The summed E-state index contributed by atoms with van der Waals surface area (Å²) in [6.07, 6.45) is 5.22. The summed E-state index contributed by atoms with van der Waals surface area (Å²) in [7, 11) is 0. The fraction of sp³-hybridized carbons (Fsp3) is 0.800. The largest absolute Gasteiger partial charge is 0.300 e. The lowest BCUT2D eigenvalue weighted by atomic mass is 9.93. The minimum absolute atomic E-state index is 0.0108. The van der Waals surface area contributed by atoms with E-state index in [0.717, 1.165) is 19.3 Å². The van der Waals surface area contributed by atoms with Gasteiger partial charge in [0.1, 0.15) is 5.78 Å². The van der Waals surface area contributed by atoms with Crippen molar-refractivity contribution in [1.82, 2.24) is 4.90 Å². The first-order chi connectivity index (χ1) is 9.11. The SMILES string of the molecule is CCC1CC2C(=O)N(C3CCC(=O)CC3)C(=O)C2C1. The van der Waals surface area contributed by atoms with Crippen LogP contribution in [0.1, 0.15) is 51.9 Å². The summed E-state index contributed by atoms with van der Waals surface area (Å²) < 4.78 is 0. The molecular weight excluding hydrogens is 242 g/mol. The molecule has 2 saturated carbocycles. The first kappa shape index (κ1) is 12.8. The minimum Gasteiger partial charge on any atom is -0.300 e. The molecule has 0 aromatic heterocycles. The number of fused-ring (bicyclic) bond motifs is 1. The highest BCUT2D eigenvalue weighted by atomic mass is 16.2. The zero-order chi connectivity index (χ0) is 13.6. The van der Waals surface area contributed by atoms with Crippen molar-refractivity contribution < 1.29 is 14.4 Å². The maximum atomic E-state index is 12.5.